The molecule has 1 N–H and O–H groups in total. The molecule has 2 fully saturated rings. The van der Waals surface area contributed by atoms with E-state index in [1.165, 1.54) is 19.3 Å². The Bertz CT molecular complexity index is 618. The zero-order valence-electron chi connectivity index (χ0n) is 18.6. The molecule has 0 amide bonds. The molecule has 2 saturated heterocycles. The molecule has 30 heavy (non-hydrogen) atoms. The summed E-state index contributed by atoms with van der Waals surface area (Å²) in [5.41, 5.74) is 1.09. The number of hydrogen-bond donors (Lipinski definition) is 1. The van der Waals surface area contributed by atoms with Gasteiger partial charge in [0, 0.05) is 45.0 Å². The highest BCUT2D eigenvalue weighted by atomic mass is 16.5. The van der Waals surface area contributed by atoms with Gasteiger partial charge in [0.1, 0.15) is 12.7 Å². The van der Waals surface area contributed by atoms with Crippen LogP contribution in [0.25, 0.3) is 0 Å². The molecule has 170 valence electrons. The Morgan fingerprint density at radius 1 is 1.17 bits per heavy atom. The van der Waals surface area contributed by atoms with Crippen molar-refractivity contribution in [2.45, 2.75) is 31.9 Å². The van der Waals surface area contributed by atoms with E-state index in [2.05, 4.69) is 22.9 Å². The highest BCUT2D eigenvalue weighted by Crippen LogP contribution is 2.32. The lowest BCUT2D eigenvalue weighted by atomic mass is 9.96. The molecule has 0 unspecified atom stereocenters. The second-order valence-electron chi connectivity index (χ2n) is 8.41. The van der Waals surface area contributed by atoms with Crippen LogP contribution in [0.1, 0.15) is 24.8 Å². The Morgan fingerprint density at radius 3 is 2.63 bits per heavy atom. The van der Waals surface area contributed by atoms with Crippen molar-refractivity contribution >= 4 is 0 Å². The van der Waals surface area contributed by atoms with Gasteiger partial charge in [0.2, 0.25) is 0 Å². The Morgan fingerprint density at radius 2 is 1.90 bits per heavy atom. The average molecular weight is 423 g/mol. The third-order valence-electron chi connectivity index (χ3n) is 5.97. The second kappa shape index (κ2) is 12.5. The summed E-state index contributed by atoms with van der Waals surface area (Å²) >= 11 is 0. The number of methoxy groups -OCH3 is 1. The molecule has 2 aliphatic heterocycles. The van der Waals surface area contributed by atoms with Crippen LogP contribution in [0.2, 0.25) is 0 Å². The van der Waals surface area contributed by atoms with Crippen molar-refractivity contribution in [3.63, 3.8) is 0 Å². The van der Waals surface area contributed by atoms with Crippen molar-refractivity contribution in [3.8, 4) is 11.5 Å². The van der Waals surface area contributed by atoms with Gasteiger partial charge in [-0.25, -0.2) is 0 Å². The fourth-order valence-corrected chi connectivity index (χ4v) is 4.13. The van der Waals surface area contributed by atoms with E-state index >= 15 is 0 Å². The maximum absolute atomic E-state index is 10.5. The topological polar surface area (TPSA) is 63.6 Å². The summed E-state index contributed by atoms with van der Waals surface area (Å²) in [6, 6.07) is 5.99. The molecule has 2 aliphatic rings. The standard InChI is InChI=1S/C23H38N2O5/c1-24(9-6-19-7-12-28-13-8-19)16-20-4-3-5-22(27-2)23(20)30-18-21(26)17-25-10-14-29-15-11-25/h3-5,19,21,26H,6-18H2,1-2H3/t21-/m1/s1. The Balaban J connectivity index is 1.52. The summed E-state index contributed by atoms with van der Waals surface area (Å²) in [6.07, 6.45) is 2.98. The molecule has 1 aromatic carbocycles. The van der Waals surface area contributed by atoms with Crippen LogP contribution in [0.5, 0.6) is 11.5 Å². The molecule has 0 radical (unpaired) electrons. The monoisotopic (exact) mass is 422 g/mol. The first-order valence-electron chi connectivity index (χ1n) is 11.2. The normalized spacial score (nSPS) is 19.7. The molecule has 2 heterocycles. The lowest BCUT2D eigenvalue weighted by molar-refractivity contribution is 0.00431. The van der Waals surface area contributed by atoms with E-state index in [4.69, 9.17) is 18.9 Å². The van der Waals surface area contributed by atoms with Gasteiger partial charge in [-0.1, -0.05) is 12.1 Å². The van der Waals surface area contributed by atoms with Crippen molar-refractivity contribution < 1.29 is 24.1 Å². The van der Waals surface area contributed by atoms with E-state index in [0.717, 1.165) is 69.8 Å². The Kier molecular flexibility index (Phi) is 9.68. The SMILES string of the molecule is COc1cccc(CN(C)CCC2CCOCC2)c1OC[C@H](O)CN1CCOCC1. The minimum Gasteiger partial charge on any atom is -0.493 e. The zero-order chi connectivity index (χ0) is 21.2. The van der Waals surface area contributed by atoms with Gasteiger partial charge < -0.3 is 29.0 Å². The van der Waals surface area contributed by atoms with Crippen molar-refractivity contribution in [2.75, 3.05) is 73.4 Å². The van der Waals surface area contributed by atoms with E-state index in [1.807, 2.05) is 12.1 Å². The van der Waals surface area contributed by atoms with Crippen LogP contribution in [-0.4, -0.2) is 94.4 Å². The summed E-state index contributed by atoms with van der Waals surface area (Å²) in [5.74, 6) is 2.21. The molecule has 1 atom stereocenters. The number of ether oxygens (including phenoxy) is 4. The average Bonchev–Trinajstić information content (AvgIpc) is 2.78. The predicted molar refractivity (Wildman–Crippen MR) is 116 cm³/mol. The highest BCUT2D eigenvalue weighted by molar-refractivity contribution is 5.46. The molecule has 0 aliphatic carbocycles. The van der Waals surface area contributed by atoms with Crippen molar-refractivity contribution in [1.82, 2.24) is 9.80 Å². The fourth-order valence-electron chi connectivity index (χ4n) is 4.13. The number of aliphatic hydroxyl groups excluding tert-OH is 1. The third-order valence-corrected chi connectivity index (χ3v) is 5.97. The first-order chi connectivity index (χ1) is 14.7. The summed E-state index contributed by atoms with van der Waals surface area (Å²) in [7, 11) is 3.81. The van der Waals surface area contributed by atoms with E-state index in [-0.39, 0.29) is 6.61 Å². The van der Waals surface area contributed by atoms with Crippen molar-refractivity contribution in [2.24, 2.45) is 5.92 Å². The number of β-amino-alcohol motifs (C(OH)–C–C–N with tert-alkyl or cyclic N) is 1. The fraction of sp³-hybridized carbons (Fsp3) is 0.739. The lowest BCUT2D eigenvalue weighted by Crippen LogP contribution is -2.42. The number of aliphatic hydroxyl groups is 1. The number of nitrogens with zero attached hydrogens (tertiary/aromatic N) is 2. The van der Waals surface area contributed by atoms with Gasteiger partial charge in [0.25, 0.3) is 0 Å². The van der Waals surface area contributed by atoms with Crippen LogP contribution in [0.4, 0.5) is 0 Å². The number of para-hydroxylation sites is 1. The molecule has 1 aromatic rings. The van der Waals surface area contributed by atoms with Gasteiger partial charge in [-0.15, -0.1) is 0 Å². The summed E-state index contributed by atoms with van der Waals surface area (Å²) < 4.78 is 22.5. The van der Waals surface area contributed by atoms with Crippen LogP contribution in [-0.2, 0) is 16.0 Å². The van der Waals surface area contributed by atoms with Gasteiger partial charge in [-0.2, -0.15) is 0 Å². The molecule has 0 spiro atoms. The van der Waals surface area contributed by atoms with E-state index < -0.39 is 6.10 Å². The van der Waals surface area contributed by atoms with Crippen LogP contribution in [0.15, 0.2) is 18.2 Å². The number of benzene rings is 1. The van der Waals surface area contributed by atoms with Gasteiger partial charge >= 0.3 is 0 Å². The minimum absolute atomic E-state index is 0.247. The van der Waals surface area contributed by atoms with Gasteiger partial charge in [0.05, 0.1) is 20.3 Å². The molecule has 0 aromatic heterocycles. The third kappa shape index (κ3) is 7.39. The molecule has 7 heteroatoms. The maximum atomic E-state index is 10.5. The van der Waals surface area contributed by atoms with Crippen molar-refractivity contribution in [3.05, 3.63) is 23.8 Å². The van der Waals surface area contributed by atoms with E-state index in [0.29, 0.717) is 12.3 Å². The molecule has 0 saturated carbocycles. The second-order valence-corrected chi connectivity index (χ2v) is 8.41. The minimum atomic E-state index is -0.549. The maximum Gasteiger partial charge on any atom is 0.165 e. The Hall–Kier alpha value is -1.38. The van der Waals surface area contributed by atoms with Gasteiger partial charge in [0.15, 0.2) is 11.5 Å². The number of hydrogen-bond acceptors (Lipinski definition) is 7. The summed E-state index contributed by atoms with van der Waals surface area (Å²) in [5, 5.41) is 10.5. The highest BCUT2D eigenvalue weighted by Gasteiger charge is 2.19. The summed E-state index contributed by atoms with van der Waals surface area (Å²) in [6.45, 7) is 7.63. The number of morpholine rings is 1. The molecular weight excluding hydrogens is 384 g/mol. The first kappa shape index (κ1) is 23.3. The number of rotatable bonds is 11. The quantitative estimate of drug-likeness (QED) is 0.585. The lowest BCUT2D eigenvalue weighted by Gasteiger charge is -2.29. The predicted octanol–water partition coefficient (Wildman–Crippen LogP) is 2.02. The van der Waals surface area contributed by atoms with Gasteiger partial charge in [-0.05, 0) is 44.8 Å². The molecular formula is C23H38N2O5. The van der Waals surface area contributed by atoms with Gasteiger partial charge in [-0.3, -0.25) is 4.90 Å². The van der Waals surface area contributed by atoms with E-state index in [1.54, 1.807) is 7.11 Å². The smallest absolute Gasteiger partial charge is 0.165 e. The Labute approximate surface area is 180 Å². The zero-order valence-corrected chi connectivity index (χ0v) is 18.6. The molecule has 0 bridgehead atoms. The summed E-state index contributed by atoms with van der Waals surface area (Å²) in [4.78, 5) is 4.55. The van der Waals surface area contributed by atoms with Crippen LogP contribution in [0.3, 0.4) is 0 Å². The van der Waals surface area contributed by atoms with Crippen LogP contribution < -0.4 is 9.47 Å². The van der Waals surface area contributed by atoms with Crippen LogP contribution in [0, 0.1) is 5.92 Å². The molecule has 3 rings (SSSR count). The van der Waals surface area contributed by atoms with Crippen LogP contribution >= 0.6 is 0 Å². The van der Waals surface area contributed by atoms with E-state index in [9.17, 15) is 5.11 Å². The first-order valence-corrected chi connectivity index (χ1v) is 11.2. The largest absolute Gasteiger partial charge is 0.493 e. The molecule has 7 nitrogen and oxygen atoms in total. The van der Waals surface area contributed by atoms with Crippen molar-refractivity contribution in [1.29, 1.82) is 0 Å².